The number of carbonyl (C=O) groups is 1. The minimum absolute atomic E-state index is 0.271. The maximum absolute atomic E-state index is 12.4. The number of amides is 1. The molecule has 124 valence electrons. The van der Waals surface area contributed by atoms with E-state index in [9.17, 15) is 13.2 Å². The van der Waals surface area contributed by atoms with E-state index in [1.54, 1.807) is 12.1 Å². The predicted molar refractivity (Wildman–Crippen MR) is 94.7 cm³/mol. The van der Waals surface area contributed by atoms with Crippen molar-refractivity contribution in [2.75, 3.05) is 0 Å². The highest BCUT2D eigenvalue weighted by Gasteiger charge is 2.28. The molecule has 23 heavy (non-hydrogen) atoms. The van der Waals surface area contributed by atoms with Crippen LogP contribution in [0.5, 0.6) is 0 Å². The van der Waals surface area contributed by atoms with Crippen LogP contribution in [0.15, 0.2) is 35.7 Å². The van der Waals surface area contributed by atoms with Crippen LogP contribution in [0.4, 0.5) is 0 Å². The van der Waals surface area contributed by atoms with Gasteiger partial charge in [0.25, 0.3) is 0 Å². The molecule has 4 nitrogen and oxygen atoms in total. The van der Waals surface area contributed by atoms with Gasteiger partial charge < -0.3 is 5.32 Å². The summed E-state index contributed by atoms with van der Waals surface area (Å²) in [5, 5.41) is 4.07. The van der Waals surface area contributed by atoms with Gasteiger partial charge in [-0.15, -0.1) is 11.3 Å². The lowest BCUT2D eigenvalue weighted by atomic mass is 10.2. The van der Waals surface area contributed by atoms with Crippen molar-refractivity contribution < 1.29 is 13.2 Å². The third kappa shape index (κ3) is 4.94. The van der Waals surface area contributed by atoms with E-state index in [0.717, 1.165) is 4.88 Å². The molecule has 2 aromatic rings. The molecule has 0 spiro atoms. The average molecular weight is 392 g/mol. The summed E-state index contributed by atoms with van der Waals surface area (Å²) < 4.78 is 24.8. The van der Waals surface area contributed by atoms with Crippen LogP contribution in [0.3, 0.4) is 0 Å². The van der Waals surface area contributed by atoms with Crippen LogP contribution in [0.25, 0.3) is 0 Å². The summed E-state index contributed by atoms with van der Waals surface area (Å²) in [4.78, 5) is 13.0. The number of sulfone groups is 1. The molecule has 1 N–H and O–H groups in total. The fourth-order valence-corrected chi connectivity index (χ4v) is 4.42. The SMILES string of the molecule is CC(C(=O)NCc1cccs1)S(=O)(=O)Cc1ccc(Cl)cc1Cl. The summed E-state index contributed by atoms with van der Waals surface area (Å²) >= 11 is 13.3. The van der Waals surface area contributed by atoms with E-state index in [0.29, 0.717) is 17.1 Å². The zero-order chi connectivity index (χ0) is 17.0. The lowest BCUT2D eigenvalue weighted by molar-refractivity contribution is -0.120. The smallest absolute Gasteiger partial charge is 0.238 e. The Morgan fingerprint density at radius 1 is 1.30 bits per heavy atom. The Bertz CT molecular complexity index is 789. The van der Waals surface area contributed by atoms with E-state index in [4.69, 9.17) is 23.2 Å². The molecule has 0 aliphatic rings. The third-order valence-corrected chi connectivity index (χ3v) is 6.76. The Morgan fingerprint density at radius 3 is 2.65 bits per heavy atom. The van der Waals surface area contributed by atoms with E-state index in [-0.39, 0.29) is 10.8 Å². The Hall–Kier alpha value is -1.08. The van der Waals surface area contributed by atoms with Gasteiger partial charge in [0.2, 0.25) is 5.91 Å². The van der Waals surface area contributed by atoms with Gasteiger partial charge in [-0.25, -0.2) is 8.42 Å². The third-order valence-electron chi connectivity index (χ3n) is 3.30. The number of benzene rings is 1. The van der Waals surface area contributed by atoms with Crippen molar-refractivity contribution in [3.63, 3.8) is 0 Å². The van der Waals surface area contributed by atoms with Crippen molar-refractivity contribution in [3.8, 4) is 0 Å². The molecular weight excluding hydrogens is 377 g/mol. The van der Waals surface area contributed by atoms with Crippen molar-refractivity contribution in [2.45, 2.75) is 24.5 Å². The lowest BCUT2D eigenvalue weighted by Gasteiger charge is -2.14. The zero-order valence-electron chi connectivity index (χ0n) is 12.3. The number of thiophene rings is 1. The van der Waals surface area contributed by atoms with Crippen LogP contribution in [0.2, 0.25) is 10.0 Å². The fourth-order valence-electron chi connectivity index (χ4n) is 1.87. The van der Waals surface area contributed by atoms with Crippen LogP contribution in [-0.2, 0) is 26.9 Å². The Morgan fingerprint density at radius 2 is 2.04 bits per heavy atom. The van der Waals surface area contributed by atoms with Gasteiger partial charge in [0.1, 0.15) is 5.25 Å². The molecule has 1 aromatic carbocycles. The number of hydrogen-bond acceptors (Lipinski definition) is 4. The van der Waals surface area contributed by atoms with E-state index >= 15 is 0 Å². The summed E-state index contributed by atoms with van der Waals surface area (Å²) in [6.07, 6.45) is 0. The molecule has 1 amide bonds. The molecule has 0 aliphatic carbocycles. The molecule has 1 atom stereocenters. The fraction of sp³-hybridized carbons (Fsp3) is 0.267. The summed E-state index contributed by atoms with van der Waals surface area (Å²) in [6, 6.07) is 8.35. The molecule has 0 saturated carbocycles. The molecule has 0 saturated heterocycles. The summed E-state index contributed by atoms with van der Waals surface area (Å²) in [6.45, 7) is 1.70. The Kier molecular flexibility index (Phi) is 6.08. The molecule has 1 heterocycles. The highest BCUT2D eigenvalue weighted by Crippen LogP contribution is 2.24. The van der Waals surface area contributed by atoms with E-state index in [1.165, 1.54) is 24.3 Å². The topological polar surface area (TPSA) is 63.2 Å². The number of carbonyl (C=O) groups excluding carboxylic acids is 1. The first kappa shape index (κ1) is 18.3. The molecule has 1 aromatic heterocycles. The van der Waals surface area contributed by atoms with Crippen molar-refractivity contribution >= 4 is 50.3 Å². The maximum atomic E-state index is 12.4. The van der Waals surface area contributed by atoms with Crippen LogP contribution in [0, 0.1) is 0 Å². The zero-order valence-corrected chi connectivity index (χ0v) is 15.4. The van der Waals surface area contributed by atoms with Crippen LogP contribution in [0.1, 0.15) is 17.4 Å². The number of hydrogen-bond donors (Lipinski definition) is 1. The molecule has 0 radical (unpaired) electrons. The maximum Gasteiger partial charge on any atom is 0.238 e. The second-order valence-electron chi connectivity index (χ2n) is 4.98. The van der Waals surface area contributed by atoms with Gasteiger partial charge in [0.05, 0.1) is 12.3 Å². The van der Waals surface area contributed by atoms with Gasteiger partial charge in [-0.1, -0.05) is 35.3 Å². The molecule has 8 heteroatoms. The quantitative estimate of drug-likeness (QED) is 0.816. The number of halogens is 2. The molecule has 0 fully saturated rings. The first-order chi connectivity index (χ1) is 10.8. The summed E-state index contributed by atoms with van der Waals surface area (Å²) in [5.74, 6) is -0.833. The van der Waals surface area contributed by atoms with Crippen molar-refractivity contribution in [2.24, 2.45) is 0 Å². The van der Waals surface area contributed by atoms with Gasteiger partial charge >= 0.3 is 0 Å². The largest absolute Gasteiger partial charge is 0.350 e. The van der Waals surface area contributed by atoms with Crippen molar-refractivity contribution in [1.29, 1.82) is 0 Å². The normalized spacial score (nSPS) is 12.8. The monoisotopic (exact) mass is 391 g/mol. The summed E-state index contributed by atoms with van der Waals surface area (Å²) in [5.41, 5.74) is 0.425. The van der Waals surface area contributed by atoms with Gasteiger partial charge in [-0.2, -0.15) is 0 Å². The van der Waals surface area contributed by atoms with Crippen LogP contribution < -0.4 is 5.32 Å². The molecule has 1 unspecified atom stereocenters. The second-order valence-corrected chi connectivity index (χ2v) is 9.18. The van der Waals surface area contributed by atoms with E-state index < -0.39 is 21.0 Å². The molecule has 0 bridgehead atoms. The highest BCUT2D eigenvalue weighted by atomic mass is 35.5. The van der Waals surface area contributed by atoms with E-state index in [2.05, 4.69) is 5.32 Å². The van der Waals surface area contributed by atoms with Gasteiger partial charge in [0, 0.05) is 14.9 Å². The minimum Gasteiger partial charge on any atom is -0.350 e. The summed E-state index contributed by atoms with van der Waals surface area (Å²) in [7, 11) is -3.68. The molecule has 0 aliphatic heterocycles. The molecular formula is C15H15Cl2NO3S2. The van der Waals surface area contributed by atoms with Gasteiger partial charge in [-0.05, 0) is 36.1 Å². The van der Waals surface area contributed by atoms with Gasteiger partial charge in [0.15, 0.2) is 9.84 Å². The standard InChI is InChI=1S/C15H15Cl2NO3S2/c1-10(15(19)18-8-13-3-2-6-22-13)23(20,21)9-11-4-5-12(16)7-14(11)17/h2-7,10H,8-9H2,1H3,(H,18,19). The Balaban J connectivity index is 2.04. The number of rotatable bonds is 6. The van der Waals surface area contributed by atoms with E-state index in [1.807, 2.05) is 17.5 Å². The van der Waals surface area contributed by atoms with Crippen molar-refractivity contribution in [1.82, 2.24) is 5.32 Å². The second kappa shape index (κ2) is 7.66. The van der Waals surface area contributed by atoms with Crippen molar-refractivity contribution in [3.05, 3.63) is 56.2 Å². The minimum atomic E-state index is -3.68. The number of nitrogens with one attached hydrogen (secondary N) is 1. The van der Waals surface area contributed by atoms with Crippen LogP contribution >= 0.6 is 34.5 Å². The highest BCUT2D eigenvalue weighted by molar-refractivity contribution is 7.92. The lowest BCUT2D eigenvalue weighted by Crippen LogP contribution is -2.38. The van der Waals surface area contributed by atoms with Gasteiger partial charge in [-0.3, -0.25) is 4.79 Å². The first-order valence-corrected chi connectivity index (χ1v) is 10.1. The van der Waals surface area contributed by atoms with Crippen LogP contribution in [-0.4, -0.2) is 19.6 Å². The Labute approximate surface area is 149 Å². The first-order valence-electron chi connectivity index (χ1n) is 6.75. The predicted octanol–water partition coefficient (Wildman–Crippen LogP) is 3.67. The average Bonchev–Trinajstić information content (AvgIpc) is 3.00. The molecule has 2 rings (SSSR count).